The van der Waals surface area contributed by atoms with Crippen molar-refractivity contribution < 1.29 is 4.74 Å². The zero-order chi connectivity index (χ0) is 15.5. The predicted octanol–water partition coefficient (Wildman–Crippen LogP) is 4.04. The lowest BCUT2D eigenvalue weighted by Gasteiger charge is -2.18. The number of nitrogens with one attached hydrogen (secondary N) is 1. The zero-order valence-electron chi connectivity index (χ0n) is 13.6. The first-order valence-corrected chi connectivity index (χ1v) is 7.40. The molecule has 0 saturated carbocycles. The van der Waals surface area contributed by atoms with Crippen LogP contribution in [0.2, 0.25) is 0 Å². The van der Waals surface area contributed by atoms with Gasteiger partial charge >= 0.3 is 0 Å². The second-order valence-electron chi connectivity index (χ2n) is 6.48. The predicted molar refractivity (Wildman–Crippen MR) is 86.8 cm³/mol. The van der Waals surface area contributed by atoms with Crippen LogP contribution in [0.1, 0.15) is 40.2 Å². The minimum absolute atomic E-state index is 0.0108. The molecule has 4 nitrogen and oxygen atoms in total. The zero-order valence-corrected chi connectivity index (χ0v) is 13.6. The lowest BCUT2D eigenvalue weighted by atomic mass is 10.1. The fourth-order valence-corrected chi connectivity index (χ4v) is 1.98. The number of rotatable bonds is 5. The van der Waals surface area contributed by atoms with Crippen molar-refractivity contribution in [3.05, 3.63) is 42.2 Å². The van der Waals surface area contributed by atoms with E-state index in [9.17, 15) is 0 Å². The van der Waals surface area contributed by atoms with Gasteiger partial charge in [-0.2, -0.15) is 5.10 Å². The molecular formula is C17H25N3O. The molecule has 0 fully saturated rings. The summed E-state index contributed by atoms with van der Waals surface area (Å²) in [5, 5.41) is 7.84. The van der Waals surface area contributed by atoms with Gasteiger partial charge in [0.2, 0.25) is 0 Å². The first-order valence-electron chi connectivity index (χ1n) is 7.40. The van der Waals surface area contributed by atoms with E-state index < -0.39 is 0 Å². The van der Waals surface area contributed by atoms with Crippen molar-refractivity contribution in [3.63, 3.8) is 0 Å². The quantitative estimate of drug-likeness (QED) is 0.902. The van der Waals surface area contributed by atoms with Crippen LogP contribution in [-0.4, -0.2) is 15.9 Å². The summed E-state index contributed by atoms with van der Waals surface area (Å²) in [5.74, 6) is 0.885. The van der Waals surface area contributed by atoms with E-state index in [1.54, 1.807) is 0 Å². The first-order chi connectivity index (χ1) is 9.86. The first kappa shape index (κ1) is 15.4. The Morgan fingerprint density at radius 3 is 2.57 bits per heavy atom. The Labute approximate surface area is 127 Å². The van der Waals surface area contributed by atoms with E-state index in [0.717, 1.165) is 23.5 Å². The van der Waals surface area contributed by atoms with Gasteiger partial charge < -0.3 is 10.1 Å². The van der Waals surface area contributed by atoms with E-state index in [-0.39, 0.29) is 11.6 Å². The van der Waals surface area contributed by atoms with Crippen LogP contribution in [0.4, 0.5) is 5.69 Å². The number of hydrogen-bond acceptors (Lipinski definition) is 3. The molecule has 2 rings (SSSR count). The third kappa shape index (κ3) is 4.25. The second kappa shape index (κ2) is 6.20. The van der Waals surface area contributed by atoms with Gasteiger partial charge in [0.15, 0.2) is 0 Å². The minimum Gasteiger partial charge on any atom is -0.489 e. The maximum absolute atomic E-state index is 5.81. The number of aromatic nitrogens is 2. The highest BCUT2D eigenvalue weighted by Crippen LogP contribution is 2.25. The molecule has 0 unspecified atom stereocenters. The Morgan fingerprint density at radius 2 is 1.95 bits per heavy atom. The van der Waals surface area contributed by atoms with Crippen molar-refractivity contribution in [3.8, 4) is 5.75 Å². The van der Waals surface area contributed by atoms with Gasteiger partial charge in [0.1, 0.15) is 5.75 Å². The lowest BCUT2D eigenvalue weighted by molar-refractivity contribution is 0.243. The average molecular weight is 287 g/mol. The average Bonchev–Trinajstić information content (AvgIpc) is 2.86. The SMILES string of the molecule is CC(C)Oc1ccccc1NCc1cnn(C(C)(C)C)c1. The van der Waals surface area contributed by atoms with Crippen LogP contribution in [0.25, 0.3) is 0 Å². The third-order valence-electron chi connectivity index (χ3n) is 3.06. The largest absolute Gasteiger partial charge is 0.489 e. The molecule has 0 aliphatic rings. The van der Waals surface area contributed by atoms with Crippen LogP contribution in [0.15, 0.2) is 36.7 Å². The lowest BCUT2D eigenvalue weighted by Crippen LogP contribution is -2.22. The summed E-state index contributed by atoms with van der Waals surface area (Å²) < 4.78 is 7.80. The topological polar surface area (TPSA) is 39.1 Å². The normalized spacial score (nSPS) is 11.7. The van der Waals surface area contributed by atoms with Crippen LogP contribution in [-0.2, 0) is 12.1 Å². The highest BCUT2D eigenvalue weighted by molar-refractivity contribution is 5.56. The summed E-state index contributed by atoms with van der Waals surface area (Å²) in [7, 11) is 0. The summed E-state index contributed by atoms with van der Waals surface area (Å²) >= 11 is 0. The van der Waals surface area contributed by atoms with Crippen LogP contribution in [0, 0.1) is 0 Å². The van der Waals surface area contributed by atoms with Gasteiger partial charge in [0, 0.05) is 18.3 Å². The Morgan fingerprint density at radius 1 is 1.24 bits per heavy atom. The smallest absolute Gasteiger partial charge is 0.142 e. The number of para-hydroxylation sites is 2. The van der Waals surface area contributed by atoms with Crippen LogP contribution < -0.4 is 10.1 Å². The minimum atomic E-state index is 0.0108. The van der Waals surface area contributed by atoms with Gasteiger partial charge in [-0.15, -0.1) is 0 Å². The molecule has 0 radical (unpaired) electrons. The number of hydrogen-bond donors (Lipinski definition) is 1. The summed E-state index contributed by atoms with van der Waals surface area (Å²) in [5.41, 5.74) is 2.18. The molecule has 1 aromatic carbocycles. The molecule has 0 amide bonds. The molecule has 0 atom stereocenters. The molecule has 1 aromatic heterocycles. The second-order valence-corrected chi connectivity index (χ2v) is 6.48. The molecule has 0 bridgehead atoms. The summed E-state index contributed by atoms with van der Waals surface area (Å²) in [6.07, 6.45) is 4.15. The fraction of sp³-hybridized carbons (Fsp3) is 0.471. The molecule has 0 spiro atoms. The van der Waals surface area contributed by atoms with Crippen LogP contribution in [0.5, 0.6) is 5.75 Å². The number of ether oxygens (including phenoxy) is 1. The van der Waals surface area contributed by atoms with E-state index in [1.807, 2.05) is 49.0 Å². The maximum atomic E-state index is 5.81. The maximum Gasteiger partial charge on any atom is 0.142 e. The van der Waals surface area contributed by atoms with Crippen LogP contribution >= 0.6 is 0 Å². The molecular weight excluding hydrogens is 262 g/mol. The molecule has 21 heavy (non-hydrogen) atoms. The van der Waals surface area contributed by atoms with Crippen molar-refractivity contribution in [2.75, 3.05) is 5.32 Å². The van der Waals surface area contributed by atoms with Crippen molar-refractivity contribution in [1.29, 1.82) is 0 Å². The van der Waals surface area contributed by atoms with Gasteiger partial charge in [-0.25, -0.2) is 0 Å². The standard InChI is InChI=1S/C17H25N3O/c1-13(2)21-16-9-7-6-8-15(16)18-10-14-11-19-20(12-14)17(3,4)5/h6-9,11-13,18H,10H2,1-5H3. The van der Waals surface area contributed by atoms with Gasteiger partial charge in [-0.1, -0.05) is 12.1 Å². The Bertz CT molecular complexity index is 582. The molecule has 1 N–H and O–H groups in total. The highest BCUT2D eigenvalue weighted by Gasteiger charge is 2.14. The number of anilines is 1. The van der Waals surface area contributed by atoms with Gasteiger partial charge in [0.05, 0.1) is 23.5 Å². The van der Waals surface area contributed by atoms with Crippen molar-refractivity contribution in [2.24, 2.45) is 0 Å². The Hall–Kier alpha value is -1.97. The Balaban J connectivity index is 2.05. The fourth-order valence-electron chi connectivity index (χ4n) is 1.98. The summed E-state index contributed by atoms with van der Waals surface area (Å²) in [6, 6.07) is 8.02. The van der Waals surface area contributed by atoms with E-state index in [0.29, 0.717) is 0 Å². The van der Waals surface area contributed by atoms with E-state index in [2.05, 4.69) is 37.4 Å². The van der Waals surface area contributed by atoms with Gasteiger partial charge in [-0.3, -0.25) is 4.68 Å². The molecule has 4 heteroatoms. The number of nitrogens with zero attached hydrogens (tertiary/aromatic N) is 2. The molecule has 0 aliphatic carbocycles. The highest BCUT2D eigenvalue weighted by atomic mass is 16.5. The molecule has 0 saturated heterocycles. The summed E-state index contributed by atoms with van der Waals surface area (Å²) in [4.78, 5) is 0. The van der Waals surface area contributed by atoms with E-state index in [1.165, 1.54) is 0 Å². The molecule has 2 aromatic rings. The molecule has 0 aliphatic heterocycles. The van der Waals surface area contributed by atoms with E-state index >= 15 is 0 Å². The molecule has 114 valence electrons. The monoisotopic (exact) mass is 287 g/mol. The Kier molecular flexibility index (Phi) is 4.56. The van der Waals surface area contributed by atoms with Crippen molar-refractivity contribution in [2.45, 2.75) is 52.8 Å². The summed E-state index contributed by atoms with van der Waals surface area (Å²) in [6.45, 7) is 11.2. The van der Waals surface area contributed by atoms with E-state index in [4.69, 9.17) is 4.74 Å². The van der Waals surface area contributed by atoms with Gasteiger partial charge in [-0.05, 0) is 46.8 Å². The molecule has 1 heterocycles. The number of benzene rings is 1. The van der Waals surface area contributed by atoms with Crippen LogP contribution in [0.3, 0.4) is 0 Å². The van der Waals surface area contributed by atoms with Crippen molar-refractivity contribution >= 4 is 5.69 Å². The van der Waals surface area contributed by atoms with Gasteiger partial charge in [0.25, 0.3) is 0 Å². The van der Waals surface area contributed by atoms with Crippen molar-refractivity contribution in [1.82, 2.24) is 9.78 Å². The third-order valence-corrected chi connectivity index (χ3v) is 3.06.